The average Bonchev–Trinajstić information content (AvgIpc) is 3.09. The highest BCUT2D eigenvalue weighted by atomic mass is 16.5. The van der Waals surface area contributed by atoms with Crippen LogP contribution in [0.3, 0.4) is 0 Å². The first-order chi connectivity index (χ1) is 15.6. The lowest BCUT2D eigenvalue weighted by molar-refractivity contribution is -0.112. The molecule has 0 saturated carbocycles. The van der Waals surface area contributed by atoms with E-state index >= 15 is 0 Å². The molecule has 1 aromatic heterocycles. The minimum Gasteiger partial charge on any atom is -0.497 e. The van der Waals surface area contributed by atoms with Crippen LogP contribution in [0.4, 0.5) is 5.69 Å². The van der Waals surface area contributed by atoms with Gasteiger partial charge in [0.1, 0.15) is 17.4 Å². The van der Waals surface area contributed by atoms with Crippen molar-refractivity contribution in [2.45, 2.75) is 13.5 Å². The van der Waals surface area contributed by atoms with Gasteiger partial charge in [0.05, 0.1) is 7.11 Å². The van der Waals surface area contributed by atoms with E-state index < -0.39 is 5.91 Å². The van der Waals surface area contributed by atoms with Gasteiger partial charge in [0.2, 0.25) is 0 Å². The lowest BCUT2D eigenvalue weighted by atomic mass is 10.1. The first-order valence-corrected chi connectivity index (χ1v) is 10.3. The summed E-state index contributed by atoms with van der Waals surface area (Å²) in [6, 6.07) is 27.4. The van der Waals surface area contributed by atoms with Crippen LogP contribution in [0.5, 0.6) is 5.75 Å². The van der Waals surface area contributed by atoms with Crippen molar-refractivity contribution in [3.05, 3.63) is 101 Å². The minimum absolute atomic E-state index is 0.0403. The standard InChI is InChI=1S/C27H23N3O2/c1-19-25(15-21(17-28)27(31)29-22-11-8-12-23(16-22)32-2)24-13-6-7-14-26(24)30(19)18-20-9-4-3-5-10-20/h3-16H,18H2,1-2H3,(H,29,31)/b21-15-. The molecule has 5 nitrogen and oxygen atoms in total. The number of para-hydroxylation sites is 1. The molecule has 0 saturated heterocycles. The molecule has 0 unspecified atom stereocenters. The number of amides is 1. The zero-order valence-electron chi connectivity index (χ0n) is 18.0. The van der Waals surface area contributed by atoms with Crippen LogP contribution in [0.1, 0.15) is 16.8 Å². The predicted molar refractivity (Wildman–Crippen MR) is 127 cm³/mol. The fourth-order valence-corrected chi connectivity index (χ4v) is 3.80. The van der Waals surface area contributed by atoms with Gasteiger partial charge in [-0.1, -0.05) is 54.6 Å². The summed E-state index contributed by atoms with van der Waals surface area (Å²) in [4.78, 5) is 12.8. The molecule has 0 aliphatic carbocycles. The van der Waals surface area contributed by atoms with Crippen LogP contribution in [0.2, 0.25) is 0 Å². The number of aromatic nitrogens is 1. The van der Waals surface area contributed by atoms with E-state index in [1.807, 2.05) is 43.3 Å². The molecule has 0 bridgehead atoms. The second-order valence-electron chi connectivity index (χ2n) is 7.44. The van der Waals surface area contributed by atoms with Crippen molar-refractivity contribution in [3.8, 4) is 11.8 Å². The number of methoxy groups -OCH3 is 1. The topological polar surface area (TPSA) is 67.0 Å². The Bertz CT molecular complexity index is 1340. The van der Waals surface area contributed by atoms with E-state index in [0.29, 0.717) is 18.0 Å². The largest absolute Gasteiger partial charge is 0.497 e. The van der Waals surface area contributed by atoms with Gasteiger partial charge in [-0.3, -0.25) is 4.79 Å². The summed E-state index contributed by atoms with van der Waals surface area (Å²) in [5.74, 6) is 0.171. The number of carbonyl (C=O) groups excluding carboxylic acids is 1. The van der Waals surface area contributed by atoms with Crippen LogP contribution in [0, 0.1) is 18.3 Å². The number of carbonyl (C=O) groups is 1. The van der Waals surface area contributed by atoms with E-state index in [0.717, 1.165) is 22.2 Å². The number of nitrogens with one attached hydrogen (secondary N) is 1. The van der Waals surface area contributed by atoms with Gasteiger partial charge in [0.15, 0.2) is 0 Å². The van der Waals surface area contributed by atoms with Crippen LogP contribution in [0.25, 0.3) is 17.0 Å². The SMILES string of the molecule is COc1cccc(NC(=O)/C(C#N)=C\c2c(C)n(Cc3ccccc3)c3ccccc23)c1. The zero-order valence-corrected chi connectivity index (χ0v) is 18.0. The van der Waals surface area contributed by atoms with Crippen LogP contribution in [-0.4, -0.2) is 17.6 Å². The minimum atomic E-state index is -0.458. The molecule has 5 heteroatoms. The molecule has 1 N–H and O–H groups in total. The Hall–Kier alpha value is -4.30. The molecule has 0 atom stereocenters. The Kier molecular flexibility index (Phi) is 6.05. The number of anilines is 1. The number of nitrogens with zero attached hydrogens (tertiary/aromatic N) is 2. The summed E-state index contributed by atoms with van der Waals surface area (Å²) < 4.78 is 7.41. The number of ether oxygens (including phenoxy) is 1. The summed E-state index contributed by atoms with van der Waals surface area (Å²) >= 11 is 0. The summed E-state index contributed by atoms with van der Waals surface area (Å²) in [6.45, 7) is 2.72. The van der Waals surface area contributed by atoms with Gasteiger partial charge in [0, 0.05) is 40.5 Å². The maximum Gasteiger partial charge on any atom is 0.266 e. The van der Waals surface area contributed by atoms with Gasteiger partial charge < -0.3 is 14.6 Å². The number of hydrogen-bond donors (Lipinski definition) is 1. The molecular formula is C27H23N3O2. The molecule has 0 aliphatic heterocycles. The molecule has 0 fully saturated rings. The van der Waals surface area contributed by atoms with Gasteiger partial charge in [-0.05, 0) is 36.8 Å². The van der Waals surface area contributed by atoms with Gasteiger partial charge in [-0.2, -0.15) is 5.26 Å². The molecule has 0 aliphatic rings. The highest BCUT2D eigenvalue weighted by Gasteiger charge is 2.16. The smallest absolute Gasteiger partial charge is 0.266 e. The molecule has 3 aromatic carbocycles. The van der Waals surface area contributed by atoms with Crippen molar-refractivity contribution >= 4 is 28.6 Å². The highest BCUT2D eigenvalue weighted by Crippen LogP contribution is 2.29. The summed E-state index contributed by atoms with van der Waals surface area (Å²) in [5, 5.41) is 13.5. The fourth-order valence-electron chi connectivity index (χ4n) is 3.80. The maximum atomic E-state index is 12.8. The van der Waals surface area contributed by atoms with Gasteiger partial charge in [-0.15, -0.1) is 0 Å². The fraction of sp³-hybridized carbons (Fsp3) is 0.111. The first kappa shape index (κ1) is 21.0. The van der Waals surface area contributed by atoms with Crippen LogP contribution >= 0.6 is 0 Å². The molecule has 0 spiro atoms. The Labute approximate surface area is 187 Å². The molecular weight excluding hydrogens is 398 g/mol. The molecule has 158 valence electrons. The molecule has 1 heterocycles. The van der Waals surface area contributed by atoms with E-state index in [4.69, 9.17) is 4.74 Å². The Morgan fingerprint density at radius 2 is 1.81 bits per heavy atom. The van der Waals surface area contributed by atoms with Crippen LogP contribution in [-0.2, 0) is 11.3 Å². The van der Waals surface area contributed by atoms with E-state index in [-0.39, 0.29) is 5.57 Å². The molecule has 32 heavy (non-hydrogen) atoms. The van der Waals surface area contributed by atoms with E-state index in [1.54, 1.807) is 37.5 Å². The average molecular weight is 422 g/mol. The summed E-state index contributed by atoms with van der Waals surface area (Å²) in [7, 11) is 1.57. The Morgan fingerprint density at radius 1 is 1.06 bits per heavy atom. The number of nitriles is 1. The van der Waals surface area contributed by atoms with Gasteiger partial charge in [-0.25, -0.2) is 0 Å². The predicted octanol–water partition coefficient (Wildman–Crippen LogP) is 5.55. The van der Waals surface area contributed by atoms with Crippen molar-refractivity contribution < 1.29 is 9.53 Å². The lowest BCUT2D eigenvalue weighted by Gasteiger charge is -2.09. The number of rotatable bonds is 6. The second kappa shape index (κ2) is 9.23. The van der Waals surface area contributed by atoms with Crippen LogP contribution in [0.15, 0.2) is 84.4 Å². The molecule has 0 radical (unpaired) electrons. The normalized spacial score (nSPS) is 11.2. The number of benzene rings is 3. The Balaban J connectivity index is 1.72. The van der Waals surface area contributed by atoms with Crippen molar-refractivity contribution in [1.29, 1.82) is 5.26 Å². The highest BCUT2D eigenvalue weighted by molar-refractivity contribution is 6.11. The van der Waals surface area contributed by atoms with Crippen molar-refractivity contribution in [2.75, 3.05) is 12.4 Å². The number of hydrogen-bond acceptors (Lipinski definition) is 3. The zero-order chi connectivity index (χ0) is 22.5. The molecule has 4 rings (SSSR count). The monoisotopic (exact) mass is 421 g/mol. The lowest BCUT2D eigenvalue weighted by Crippen LogP contribution is -2.13. The van der Waals surface area contributed by atoms with E-state index in [2.05, 4.69) is 34.2 Å². The summed E-state index contributed by atoms with van der Waals surface area (Å²) in [6.07, 6.45) is 1.68. The number of fused-ring (bicyclic) bond motifs is 1. The van der Waals surface area contributed by atoms with Crippen molar-refractivity contribution in [3.63, 3.8) is 0 Å². The van der Waals surface area contributed by atoms with Gasteiger partial charge in [0.25, 0.3) is 5.91 Å². The maximum absolute atomic E-state index is 12.8. The van der Waals surface area contributed by atoms with E-state index in [9.17, 15) is 10.1 Å². The second-order valence-corrected chi connectivity index (χ2v) is 7.44. The van der Waals surface area contributed by atoms with Gasteiger partial charge >= 0.3 is 0 Å². The van der Waals surface area contributed by atoms with Crippen LogP contribution < -0.4 is 10.1 Å². The quantitative estimate of drug-likeness (QED) is 0.328. The third kappa shape index (κ3) is 4.26. The Morgan fingerprint density at radius 3 is 2.56 bits per heavy atom. The third-order valence-corrected chi connectivity index (χ3v) is 5.44. The van der Waals surface area contributed by atoms with Crippen molar-refractivity contribution in [1.82, 2.24) is 4.57 Å². The first-order valence-electron chi connectivity index (χ1n) is 10.3. The molecule has 1 amide bonds. The summed E-state index contributed by atoms with van der Waals surface area (Å²) in [5.41, 5.74) is 4.72. The van der Waals surface area contributed by atoms with Crippen molar-refractivity contribution in [2.24, 2.45) is 0 Å². The van der Waals surface area contributed by atoms with E-state index in [1.165, 1.54) is 5.56 Å². The third-order valence-electron chi connectivity index (χ3n) is 5.44. The molecule has 4 aromatic rings.